The van der Waals surface area contributed by atoms with E-state index in [0.29, 0.717) is 12.6 Å². The van der Waals surface area contributed by atoms with Crippen molar-refractivity contribution in [2.45, 2.75) is 19.5 Å². The van der Waals surface area contributed by atoms with Crippen LogP contribution in [-0.2, 0) is 6.54 Å². The Labute approximate surface area is 88.9 Å². The van der Waals surface area contributed by atoms with Crippen LogP contribution in [0.25, 0.3) is 10.9 Å². The largest absolute Gasteiger partial charge is 0.329 e. The molecule has 0 saturated carbocycles. The minimum atomic E-state index is 0.326. The number of nitrogens with one attached hydrogen (secondary N) is 2. The molecule has 2 rings (SSSR count). The maximum Gasteiger partial charge on any atom is 0.0924 e. The molecule has 1 aromatic heterocycles. The van der Waals surface area contributed by atoms with Gasteiger partial charge in [0.1, 0.15) is 0 Å². The molecule has 2 aromatic rings. The molecule has 1 aromatic carbocycles. The number of para-hydroxylation sites is 1. The number of aromatic nitrogens is 2. The lowest BCUT2D eigenvalue weighted by Gasteiger charge is -2.09. The zero-order chi connectivity index (χ0) is 10.7. The third-order valence-corrected chi connectivity index (χ3v) is 2.52. The number of aromatic amines is 1. The third-order valence-electron chi connectivity index (χ3n) is 2.52. The summed E-state index contributed by atoms with van der Waals surface area (Å²) in [4.78, 5) is 0. The van der Waals surface area contributed by atoms with Crippen molar-refractivity contribution in [3.63, 3.8) is 0 Å². The molecular weight excluding hydrogens is 188 g/mol. The first kappa shape index (κ1) is 10.1. The highest BCUT2D eigenvalue weighted by molar-refractivity contribution is 5.81. The lowest BCUT2D eigenvalue weighted by Crippen LogP contribution is -2.32. The Morgan fingerprint density at radius 1 is 1.47 bits per heavy atom. The quantitative estimate of drug-likeness (QED) is 0.696. The molecule has 0 amide bonds. The Morgan fingerprint density at radius 2 is 2.27 bits per heavy atom. The van der Waals surface area contributed by atoms with E-state index >= 15 is 0 Å². The number of fused-ring (bicyclic) bond motifs is 1. The molecule has 4 nitrogen and oxygen atoms in total. The van der Waals surface area contributed by atoms with Crippen LogP contribution in [0.2, 0.25) is 0 Å². The van der Waals surface area contributed by atoms with Crippen molar-refractivity contribution in [3.05, 3.63) is 30.0 Å². The van der Waals surface area contributed by atoms with Gasteiger partial charge in [0.25, 0.3) is 0 Å². The lowest BCUT2D eigenvalue weighted by atomic mass is 10.2. The predicted molar refractivity (Wildman–Crippen MR) is 61.4 cm³/mol. The zero-order valence-electron chi connectivity index (χ0n) is 8.83. The van der Waals surface area contributed by atoms with Crippen LogP contribution in [0.1, 0.15) is 12.6 Å². The van der Waals surface area contributed by atoms with Gasteiger partial charge in [-0.05, 0) is 13.0 Å². The number of hydrogen-bond donors (Lipinski definition) is 3. The van der Waals surface area contributed by atoms with Crippen molar-refractivity contribution in [3.8, 4) is 0 Å². The summed E-state index contributed by atoms with van der Waals surface area (Å²) in [6.07, 6.45) is 0. The molecule has 0 aliphatic rings. The van der Waals surface area contributed by atoms with E-state index in [2.05, 4.69) is 28.5 Å². The smallest absolute Gasteiger partial charge is 0.0924 e. The fourth-order valence-corrected chi connectivity index (χ4v) is 1.51. The van der Waals surface area contributed by atoms with Gasteiger partial charge in [0, 0.05) is 24.5 Å². The second-order valence-electron chi connectivity index (χ2n) is 3.74. The molecule has 80 valence electrons. The first-order chi connectivity index (χ1) is 7.31. The van der Waals surface area contributed by atoms with Crippen molar-refractivity contribution < 1.29 is 0 Å². The average Bonchev–Trinajstić information content (AvgIpc) is 2.69. The highest BCUT2D eigenvalue weighted by Crippen LogP contribution is 2.14. The van der Waals surface area contributed by atoms with E-state index in [9.17, 15) is 0 Å². The maximum absolute atomic E-state index is 5.54. The van der Waals surface area contributed by atoms with Crippen molar-refractivity contribution in [1.82, 2.24) is 15.5 Å². The minimum Gasteiger partial charge on any atom is -0.329 e. The summed E-state index contributed by atoms with van der Waals surface area (Å²) in [5.41, 5.74) is 7.66. The standard InChI is InChI=1S/C11H16N4/c1-8(6-12)13-7-11-9-4-2-3-5-10(9)14-15-11/h2-5,8,13H,6-7,12H2,1H3,(H,14,15). The molecule has 0 bridgehead atoms. The van der Waals surface area contributed by atoms with Gasteiger partial charge in [-0.2, -0.15) is 5.10 Å². The number of H-pyrrole nitrogens is 1. The topological polar surface area (TPSA) is 66.7 Å². The Morgan fingerprint density at radius 3 is 3.07 bits per heavy atom. The van der Waals surface area contributed by atoms with Crippen molar-refractivity contribution in [2.24, 2.45) is 5.73 Å². The van der Waals surface area contributed by atoms with E-state index in [1.54, 1.807) is 0 Å². The predicted octanol–water partition coefficient (Wildman–Crippen LogP) is 1.000. The second-order valence-corrected chi connectivity index (χ2v) is 3.74. The van der Waals surface area contributed by atoms with E-state index in [1.807, 2.05) is 18.2 Å². The first-order valence-electron chi connectivity index (χ1n) is 5.16. The number of hydrogen-bond acceptors (Lipinski definition) is 3. The van der Waals surface area contributed by atoms with E-state index in [1.165, 1.54) is 5.39 Å². The molecule has 4 heteroatoms. The van der Waals surface area contributed by atoms with Gasteiger partial charge in [0.15, 0.2) is 0 Å². The molecule has 0 aliphatic carbocycles. The Balaban J connectivity index is 2.14. The van der Waals surface area contributed by atoms with Crippen LogP contribution >= 0.6 is 0 Å². The lowest BCUT2D eigenvalue weighted by molar-refractivity contribution is 0.551. The molecule has 1 unspecified atom stereocenters. The maximum atomic E-state index is 5.54. The summed E-state index contributed by atoms with van der Waals surface area (Å²) in [5, 5.41) is 11.8. The van der Waals surface area contributed by atoms with E-state index in [-0.39, 0.29) is 0 Å². The normalized spacial score (nSPS) is 13.2. The van der Waals surface area contributed by atoms with Gasteiger partial charge in [-0.25, -0.2) is 0 Å². The summed E-state index contributed by atoms with van der Waals surface area (Å²) in [5.74, 6) is 0. The third kappa shape index (κ3) is 2.16. The molecule has 0 fully saturated rings. The molecule has 4 N–H and O–H groups in total. The molecule has 0 aliphatic heterocycles. The highest BCUT2D eigenvalue weighted by Gasteiger charge is 2.05. The van der Waals surface area contributed by atoms with E-state index in [4.69, 9.17) is 5.73 Å². The van der Waals surface area contributed by atoms with Crippen molar-refractivity contribution in [1.29, 1.82) is 0 Å². The summed E-state index contributed by atoms with van der Waals surface area (Å²) in [6, 6.07) is 8.41. The molecule has 1 atom stereocenters. The summed E-state index contributed by atoms with van der Waals surface area (Å²) in [7, 11) is 0. The van der Waals surface area contributed by atoms with Crippen molar-refractivity contribution in [2.75, 3.05) is 6.54 Å². The van der Waals surface area contributed by atoms with Gasteiger partial charge in [-0.3, -0.25) is 5.10 Å². The Hall–Kier alpha value is -1.39. The molecule has 0 radical (unpaired) electrons. The molecule has 15 heavy (non-hydrogen) atoms. The zero-order valence-corrected chi connectivity index (χ0v) is 8.83. The van der Waals surface area contributed by atoms with Crippen LogP contribution < -0.4 is 11.1 Å². The van der Waals surface area contributed by atoms with Crippen molar-refractivity contribution >= 4 is 10.9 Å². The van der Waals surface area contributed by atoms with Crippen LogP contribution in [0.4, 0.5) is 0 Å². The van der Waals surface area contributed by atoms with Gasteiger partial charge in [-0.1, -0.05) is 18.2 Å². The highest BCUT2D eigenvalue weighted by atomic mass is 15.1. The molecular formula is C11H16N4. The van der Waals surface area contributed by atoms with Gasteiger partial charge in [-0.15, -0.1) is 0 Å². The van der Waals surface area contributed by atoms with E-state index in [0.717, 1.165) is 17.8 Å². The van der Waals surface area contributed by atoms with Gasteiger partial charge in [0.2, 0.25) is 0 Å². The monoisotopic (exact) mass is 204 g/mol. The van der Waals surface area contributed by atoms with Crippen LogP contribution in [0.15, 0.2) is 24.3 Å². The van der Waals surface area contributed by atoms with Crippen LogP contribution in [-0.4, -0.2) is 22.8 Å². The first-order valence-corrected chi connectivity index (χ1v) is 5.16. The molecule has 0 saturated heterocycles. The number of rotatable bonds is 4. The van der Waals surface area contributed by atoms with Crippen LogP contribution in [0.3, 0.4) is 0 Å². The van der Waals surface area contributed by atoms with Crippen LogP contribution in [0.5, 0.6) is 0 Å². The fraction of sp³-hybridized carbons (Fsp3) is 0.364. The summed E-state index contributed by atoms with van der Waals surface area (Å²) in [6.45, 7) is 3.49. The number of nitrogens with zero attached hydrogens (tertiary/aromatic N) is 1. The minimum absolute atomic E-state index is 0.326. The van der Waals surface area contributed by atoms with Crippen LogP contribution in [0, 0.1) is 0 Å². The average molecular weight is 204 g/mol. The SMILES string of the molecule is CC(CN)NCc1[nH]nc2ccccc12. The van der Waals surface area contributed by atoms with Gasteiger partial charge < -0.3 is 11.1 Å². The summed E-state index contributed by atoms with van der Waals surface area (Å²) >= 11 is 0. The second kappa shape index (κ2) is 4.42. The molecule has 1 heterocycles. The van der Waals surface area contributed by atoms with Gasteiger partial charge >= 0.3 is 0 Å². The fourth-order valence-electron chi connectivity index (χ4n) is 1.51. The Kier molecular flexibility index (Phi) is 2.99. The van der Waals surface area contributed by atoms with E-state index < -0.39 is 0 Å². The Bertz CT molecular complexity index is 435. The number of benzene rings is 1. The summed E-state index contributed by atoms with van der Waals surface area (Å²) < 4.78 is 0. The molecule has 0 spiro atoms. The van der Waals surface area contributed by atoms with Gasteiger partial charge in [0.05, 0.1) is 11.2 Å². The number of nitrogens with two attached hydrogens (primary N) is 1.